The van der Waals surface area contributed by atoms with Gasteiger partial charge in [-0.25, -0.2) is 4.68 Å². The fourth-order valence-electron chi connectivity index (χ4n) is 1.47. The van der Waals surface area contributed by atoms with Crippen LogP contribution in [-0.2, 0) is 17.1 Å². The Balaban J connectivity index is 2.03. The van der Waals surface area contributed by atoms with Crippen LogP contribution in [0, 0.1) is 0 Å². The van der Waals surface area contributed by atoms with Gasteiger partial charge >= 0.3 is 5.97 Å². The third kappa shape index (κ3) is 3.70. The predicted octanol–water partition coefficient (Wildman–Crippen LogP) is 1.82. The molecular weight excluding hydrogens is 348 g/mol. The van der Waals surface area contributed by atoms with E-state index < -0.39 is 5.97 Å². The summed E-state index contributed by atoms with van der Waals surface area (Å²) < 4.78 is 7.28. The molecule has 0 fully saturated rings. The predicted molar refractivity (Wildman–Crippen MR) is 75.7 cm³/mol. The molecule has 2 rings (SSSR count). The van der Waals surface area contributed by atoms with E-state index in [9.17, 15) is 4.79 Å². The molecule has 7 nitrogen and oxygen atoms in total. The van der Waals surface area contributed by atoms with Crippen LogP contribution >= 0.6 is 27.7 Å². The Labute approximate surface area is 127 Å². The number of rotatable bonds is 6. The van der Waals surface area contributed by atoms with E-state index in [1.807, 2.05) is 18.2 Å². The number of carbonyl (C=O) groups is 1. The van der Waals surface area contributed by atoms with Gasteiger partial charge in [0.2, 0.25) is 5.16 Å². The van der Waals surface area contributed by atoms with Gasteiger partial charge in [0.1, 0.15) is 12.3 Å². The number of tetrazole rings is 1. The second kappa shape index (κ2) is 6.71. The molecule has 0 unspecified atom stereocenters. The second-order valence-electron chi connectivity index (χ2n) is 3.77. The van der Waals surface area contributed by atoms with E-state index in [0.29, 0.717) is 10.9 Å². The summed E-state index contributed by atoms with van der Waals surface area (Å²) in [7, 11) is 1.61. The Bertz CT molecular complexity index is 619. The number of carboxylic acids is 1. The van der Waals surface area contributed by atoms with Crippen molar-refractivity contribution >= 4 is 33.7 Å². The molecule has 1 aromatic heterocycles. The molecular formula is C11H11BrN4O3S. The number of hydrogen-bond acceptors (Lipinski definition) is 6. The van der Waals surface area contributed by atoms with Gasteiger partial charge in [0.15, 0.2) is 0 Å². The number of methoxy groups -OCH3 is 1. The van der Waals surface area contributed by atoms with Crippen LogP contribution in [0.3, 0.4) is 0 Å². The SMILES string of the molecule is COc1ccc(CSc2nnnn2CC(=O)O)cc1Br. The van der Waals surface area contributed by atoms with Crippen molar-refractivity contribution in [2.45, 2.75) is 17.5 Å². The maximum atomic E-state index is 10.7. The number of aromatic nitrogens is 4. The van der Waals surface area contributed by atoms with Crippen molar-refractivity contribution in [1.82, 2.24) is 20.2 Å². The molecule has 2 aromatic rings. The number of aliphatic carboxylic acids is 1. The van der Waals surface area contributed by atoms with Gasteiger partial charge in [0, 0.05) is 5.75 Å². The Morgan fingerprint density at radius 2 is 2.35 bits per heavy atom. The van der Waals surface area contributed by atoms with Gasteiger partial charge in [-0.1, -0.05) is 17.8 Å². The summed E-state index contributed by atoms with van der Waals surface area (Å²) >= 11 is 4.79. The first-order valence-corrected chi connectivity index (χ1v) is 7.31. The first-order valence-electron chi connectivity index (χ1n) is 5.53. The van der Waals surface area contributed by atoms with Gasteiger partial charge in [-0.05, 0) is 44.1 Å². The quantitative estimate of drug-likeness (QED) is 0.787. The zero-order valence-electron chi connectivity index (χ0n) is 10.5. The molecule has 0 radical (unpaired) electrons. The molecule has 1 heterocycles. The van der Waals surface area contributed by atoms with Gasteiger partial charge in [-0.3, -0.25) is 4.79 Å². The largest absolute Gasteiger partial charge is 0.496 e. The van der Waals surface area contributed by atoms with Crippen LogP contribution in [-0.4, -0.2) is 38.4 Å². The van der Waals surface area contributed by atoms with Crippen LogP contribution < -0.4 is 4.74 Å². The molecule has 0 saturated carbocycles. The van der Waals surface area contributed by atoms with Crippen LogP contribution in [0.15, 0.2) is 27.8 Å². The first-order chi connectivity index (χ1) is 9.60. The Kier molecular flexibility index (Phi) is 4.96. The van der Waals surface area contributed by atoms with Crippen LogP contribution in [0.25, 0.3) is 0 Å². The van der Waals surface area contributed by atoms with Crippen molar-refractivity contribution < 1.29 is 14.6 Å². The van der Waals surface area contributed by atoms with E-state index in [-0.39, 0.29) is 6.54 Å². The molecule has 0 aliphatic carbocycles. The summed E-state index contributed by atoms with van der Waals surface area (Å²) in [5.41, 5.74) is 1.05. The molecule has 1 N–H and O–H groups in total. The van der Waals surface area contributed by atoms with Gasteiger partial charge in [0.05, 0.1) is 11.6 Å². The van der Waals surface area contributed by atoms with Crippen molar-refractivity contribution in [2.24, 2.45) is 0 Å². The molecule has 0 aliphatic rings. The fourth-order valence-corrected chi connectivity index (χ4v) is 2.88. The second-order valence-corrected chi connectivity index (χ2v) is 5.57. The lowest BCUT2D eigenvalue weighted by Crippen LogP contribution is -2.11. The molecule has 0 bridgehead atoms. The van der Waals surface area contributed by atoms with Gasteiger partial charge in [-0.15, -0.1) is 5.10 Å². The van der Waals surface area contributed by atoms with Crippen molar-refractivity contribution in [3.05, 3.63) is 28.2 Å². The number of halogens is 1. The molecule has 0 saturated heterocycles. The Hall–Kier alpha value is -1.61. The highest BCUT2D eigenvalue weighted by Gasteiger charge is 2.10. The average molecular weight is 359 g/mol. The number of benzene rings is 1. The van der Waals surface area contributed by atoms with Crippen molar-refractivity contribution in [1.29, 1.82) is 0 Å². The normalized spacial score (nSPS) is 10.5. The standard InChI is InChI=1S/C11H11BrN4O3S/c1-19-9-3-2-7(4-8(9)12)6-20-11-13-14-15-16(11)5-10(17)18/h2-4H,5-6H2,1H3,(H,17,18). The minimum Gasteiger partial charge on any atom is -0.496 e. The van der Waals surface area contributed by atoms with Crippen LogP contribution in [0.2, 0.25) is 0 Å². The molecule has 20 heavy (non-hydrogen) atoms. The van der Waals surface area contributed by atoms with E-state index in [0.717, 1.165) is 15.8 Å². The van der Waals surface area contributed by atoms with Crippen LogP contribution in [0.5, 0.6) is 5.75 Å². The van der Waals surface area contributed by atoms with Gasteiger partial charge < -0.3 is 9.84 Å². The molecule has 0 aliphatic heterocycles. The highest BCUT2D eigenvalue weighted by atomic mass is 79.9. The maximum Gasteiger partial charge on any atom is 0.325 e. The van der Waals surface area contributed by atoms with E-state index in [1.165, 1.54) is 16.4 Å². The van der Waals surface area contributed by atoms with Crippen LogP contribution in [0.1, 0.15) is 5.56 Å². The fraction of sp³-hybridized carbons (Fsp3) is 0.273. The minimum atomic E-state index is -0.980. The lowest BCUT2D eigenvalue weighted by Gasteiger charge is -2.06. The third-order valence-electron chi connectivity index (χ3n) is 2.37. The summed E-state index contributed by atoms with van der Waals surface area (Å²) in [4.78, 5) is 10.7. The monoisotopic (exact) mass is 358 g/mol. The number of hydrogen-bond donors (Lipinski definition) is 1. The molecule has 0 spiro atoms. The smallest absolute Gasteiger partial charge is 0.325 e. The molecule has 0 atom stereocenters. The van der Waals surface area contributed by atoms with Gasteiger partial charge in [-0.2, -0.15) is 0 Å². The number of thioether (sulfide) groups is 1. The topological polar surface area (TPSA) is 90.1 Å². The lowest BCUT2D eigenvalue weighted by atomic mass is 10.2. The molecule has 106 valence electrons. The van der Waals surface area contributed by atoms with E-state index >= 15 is 0 Å². The average Bonchev–Trinajstić information content (AvgIpc) is 2.83. The maximum absolute atomic E-state index is 10.7. The summed E-state index contributed by atoms with van der Waals surface area (Å²) in [5, 5.41) is 20.1. The lowest BCUT2D eigenvalue weighted by molar-refractivity contribution is -0.138. The summed E-state index contributed by atoms with van der Waals surface area (Å²) in [5.74, 6) is 0.406. The summed E-state index contributed by atoms with van der Waals surface area (Å²) in [6.07, 6.45) is 0. The zero-order chi connectivity index (χ0) is 14.5. The van der Waals surface area contributed by atoms with Crippen molar-refractivity contribution in [2.75, 3.05) is 7.11 Å². The minimum absolute atomic E-state index is 0.248. The Morgan fingerprint density at radius 3 is 3.00 bits per heavy atom. The highest BCUT2D eigenvalue weighted by Crippen LogP contribution is 2.28. The number of carboxylic acid groups (broad SMARTS) is 1. The number of nitrogens with zero attached hydrogens (tertiary/aromatic N) is 4. The van der Waals surface area contributed by atoms with E-state index in [2.05, 4.69) is 31.5 Å². The van der Waals surface area contributed by atoms with E-state index in [4.69, 9.17) is 9.84 Å². The van der Waals surface area contributed by atoms with Gasteiger partial charge in [0.25, 0.3) is 0 Å². The summed E-state index contributed by atoms with van der Waals surface area (Å²) in [6.45, 7) is -0.248. The summed E-state index contributed by atoms with van der Waals surface area (Å²) in [6, 6.07) is 5.74. The third-order valence-corrected chi connectivity index (χ3v) is 4.02. The number of ether oxygens (including phenoxy) is 1. The highest BCUT2D eigenvalue weighted by molar-refractivity contribution is 9.10. The van der Waals surface area contributed by atoms with Crippen molar-refractivity contribution in [3.8, 4) is 5.75 Å². The molecule has 9 heteroatoms. The van der Waals surface area contributed by atoms with Crippen molar-refractivity contribution in [3.63, 3.8) is 0 Å². The zero-order valence-corrected chi connectivity index (χ0v) is 12.9. The molecule has 0 amide bonds. The van der Waals surface area contributed by atoms with E-state index in [1.54, 1.807) is 7.11 Å². The first kappa shape index (κ1) is 14.8. The van der Waals surface area contributed by atoms with Crippen LogP contribution in [0.4, 0.5) is 0 Å². The Morgan fingerprint density at radius 1 is 1.55 bits per heavy atom. The molecule has 1 aromatic carbocycles.